The van der Waals surface area contributed by atoms with Crippen molar-refractivity contribution in [2.24, 2.45) is 0 Å². The smallest absolute Gasteiger partial charge is 0.0718 e. The van der Waals surface area contributed by atoms with Crippen LogP contribution in [0, 0.1) is 0 Å². The summed E-state index contributed by atoms with van der Waals surface area (Å²) in [6.45, 7) is 4.54. The molecule has 1 saturated heterocycles. The van der Waals surface area contributed by atoms with Crippen LogP contribution in [-0.2, 0) is 11.3 Å². The molecule has 3 heterocycles. The van der Waals surface area contributed by atoms with Crippen molar-refractivity contribution in [3.63, 3.8) is 0 Å². The lowest BCUT2D eigenvalue weighted by molar-refractivity contribution is 0.0341. The molecule has 0 amide bonds. The van der Waals surface area contributed by atoms with E-state index in [4.69, 9.17) is 10.5 Å². The Bertz CT molecular complexity index is 564. The fraction of sp³-hybridized carbons (Fsp3) is 0.333. The van der Waals surface area contributed by atoms with Gasteiger partial charge in [0.05, 0.1) is 24.6 Å². The molecule has 0 saturated carbocycles. The second kappa shape index (κ2) is 5.98. The van der Waals surface area contributed by atoms with Crippen LogP contribution in [0.1, 0.15) is 5.56 Å². The quantitative estimate of drug-likeness (QED) is 0.917. The van der Waals surface area contributed by atoms with E-state index in [1.54, 1.807) is 12.4 Å². The van der Waals surface area contributed by atoms with E-state index in [0.29, 0.717) is 5.69 Å². The van der Waals surface area contributed by atoms with Gasteiger partial charge in [-0.3, -0.25) is 14.9 Å². The SMILES string of the molecule is Nc1cncc(-c2ccc(CN3CCOCC3)cn2)c1. The number of aromatic nitrogens is 2. The van der Waals surface area contributed by atoms with Crippen molar-refractivity contribution in [3.8, 4) is 11.3 Å². The van der Waals surface area contributed by atoms with Crippen LogP contribution in [0.25, 0.3) is 11.3 Å². The number of hydrogen-bond acceptors (Lipinski definition) is 5. The van der Waals surface area contributed by atoms with E-state index in [9.17, 15) is 0 Å². The molecular formula is C15H18N4O. The third kappa shape index (κ3) is 3.12. The summed E-state index contributed by atoms with van der Waals surface area (Å²) in [4.78, 5) is 11.0. The minimum absolute atomic E-state index is 0.654. The van der Waals surface area contributed by atoms with Crippen LogP contribution in [0.4, 0.5) is 5.69 Å². The Hall–Kier alpha value is -1.98. The summed E-state index contributed by atoms with van der Waals surface area (Å²) in [6.07, 6.45) is 5.34. The lowest BCUT2D eigenvalue weighted by atomic mass is 10.1. The first-order chi connectivity index (χ1) is 9.81. The highest BCUT2D eigenvalue weighted by atomic mass is 16.5. The summed E-state index contributed by atoms with van der Waals surface area (Å²) in [7, 11) is 0. The number of ether oxygens (including phenoxy) is 1. The molecule has 2 aromatic rings. The molecule has 1 aliphatic heterocycles. The van der Waals surface area contributed by atoms with Gasteiger partial charge in [0.25, 0.3) is 0 Å². The van der Waals surface area contributed by atoms with Crippen molar-refractivity contribution in [3.05, 3.63) is 42.4 Å². The van der Waals surface area contributed by atoms with Gasteiger partial charge in [0.15, 0.2) is 0 Å². The Morgan fingerprint density at radius 3 is 2.70 bits per heavy atom. The number of hydrogen-bond donors (Lipinski definition) is 1. The van der Waals surface area contributed by atoms with Gasteiger partial charge in [-0.1, -0.05) is 6.07 Å². The normalized spacial score (nSPS) is 16.2. The summed E-state index contributed by atoms with van der Waals surface area (Å²) < 4.78 is 5.35. The van der Waals surface area contributed by atoms with E-state index >= 15 is 0 Å². The molecule has 2 aromatic heterocycles. The molecule has 5 heteroatoms. The van der Waals surface area contributed by atoms with Crippen LogP contribution in [0.2, 0.25) is 0 Å². The van der Waals surface area contributed by atoms with Gasteiger partial charge in [-0.05, 0) is 17.7 Å². The molecule has 5 nitrogen and oxygen atoms in total. The van der Waals surface area contributed by atoms with Gasteiger partial charge >= 0.3 is 0 Å². The third-order valence-corrected chi connectivity index (χ3v) is 3.39. The Balaban J connectivity index is 1.71. The monoisotopic (exact) mass is 270 g/mol. The van der Waals surface area contributed by atoms with E-state index < -0.39 is 0 Å². The summed E-state index contributed by atoms with van der Waals surface area (Å²) >= 11 is 0. The maximum absolute atomic E-state index is 5.74. The maximum Gasteiger partial charge on any atom is 0.0718 e. The molecule has 104 valence electrons. The molecule has 1 fully saturated rings. The highest BCUT2D eigenvalue weighted by Crippen LogP contribution is 2.18. The highest BCUT2D eigenvalue weighted by molar-refractivity contribution is 5.62. The van der Waals surface area contributed by atoms with Gasteiger partial charge < -0.3 is 10.5 Å². The van der Waals surface area contributed by atoms with Gasteiger partial charge in [0.2, 0.25) is 0 Å². The number of nitrogens with zero attached hydrogens (tertiary/aromatic N) is 3. The predicted molar refractivity (Wildman–Crippen MR) is 78.0 cm³/mol. The van der Waals surface area contributed by atoms with Crippen LogP contribution in [0.3, 0.4) is 0 Å². The number of pyridine rings is 2. The molecule has 0 spiro atoms. The molecule has 0 radical (unpaired) electrons. The van der Waals surface area contributed by atoms with Gasteiger partial charge in [0.1, 0.15) is 0 Å². The molecule has 0 aliphatic carbocycles. The number of anilines is 1. The van der Waals surface area contributed by atoms with Crippen LogP contribution in [0.15, 0.2) is 36.8 Å². The van der Waals surface area contributed by atoms with Gasteiger partial charge in [0, 0.05) is 43.8 Å². The van der Waals surface area contributed by atoms with Crippen LogP contribution in [-0.4, -0.2) is 41.2 Å². The fourth-order valence-corrected chi connectivity index (χ4v) is 2.30. The largest absolute Gasteiger partial charge is 0.397 e. The van der Waals surface area contributed by atoms with E-state index in [1.807, 2.05) is 18.3 Å². The standard InChI is InChI=1S/C15H18N4O/c16-14-7-13(9-17-10-14)15-2-1-12(8-18-15)11-19-3-5-20-6-4-19/h1-2,7-10H,3-6,11,16H2. The maximum atomic E-state index is 5.74. The van der Waals surface area contributed by atoms with Crippen molar-refractivity contribution < 1.29 is 4.74 Å². The molecule has 0 unspecified atom stereocenters. The number of nitrogens with two attached hydrogens (primary N) is 1. The zero-order chi connectivity index (χ0) is 13.8. The van der Waals surface area contributed by atoms with Crippen molar-refractivity contribution >= 4 is 5.69 Å². The average Bonchev–Trinajstić information content (AvgIpc) is 2.49. The minimum atomic E-state index is 0.654. The average molecular weight is 270 g/mol. The Kier molecular flexibility index (Phi) is 3.90. The molecule has 1 aliphatic rings. The van der Waals surface area contributed by atoms with Gasteiger partial charge in [-0.15, -0.1) is 0 Å². The predicted octanol–water partition coefficient (Wildman–Crippen LogP) is 1.56. The van der Waals surface area contributed by atoms with Crippen LogP contribution >= 0.6 is 0 Å². The second-order valence-electron chi connectivity index (χ2n) is 4.95. The van der Waals surface area contributed by atoms with E-state index in [-0.39, 0.29) is 0 Å². The zero-order valence-corrected chi connectivity index (χ0v) is 11.3. The number of nitrogen functional groups attached to an aromatic ring is 1. The Morgan fingerprint density at radius 2 is 2.00 bits per heavy atom. The van der Waals surface area contributed by atoms with Gasteiger partial charge in [-0.2, -0.15) is 0 Å². The fourth-order valence-electron chi connectivity index (χ4n) is 2.30. The Morgan fingerprint density at radius 1 is 1.15 bits per heavy atom. The topological polar surface area (TPSA) is 64.3 Å². The van der Waals surface area contributed by atoms with E-state index in [2.05, 4.69) is 20.9 Å². The number of morpholine rings is 1. The lowest BCUT2D eigenvalue weighted by Crippen LogP contribution is -2.35. The van der Waals surface area contributed by atoms with E-state index in [0.717, 1.165) is 44.1 Å². The van der Waals surface area contributed by atoms with Crippen molar-refractivity contribution in [2.75, 3.05) is 32.0 Å². The summed E-state index contributed by atoms with van der Waals surface area (Å²) in [5.41, 5.74) is 9.46. The summed E-state index contributed by atoms with van der Waals surface area (Å²) in [5, 5.41) is 0. The minimum Gasteiger partial charge on any atom is -0.397 e. The molecule has 0 atom stereocenters. The zero-order valence-electron chi connectivity index (χ0n) is 11.3. The van der Waals surface area contributed by atoms with Crippen molar-refractivity contribution in [1.29, 1.82) is 0 Å². The molecular weight excluding hydrogens is 252 g/mol. The summed E-state index contributed by atoms with van der Waals surface area (Å²) in [5.74, 6) is 0. The van der Waals surface area contributed by atoms with Crippen LogP contribution < -0.4 is 5.73 Å². The first-order valence-corrected chi connectivity index (χ1v) is 6.77. The number of rotatable bonds is 3. The van der Waals surface area contributed by atoms with Gasteiger partial charge in [-0.25, -0.2) is 0 Å². The third-order valence-electron chi connectivity index (χ3n) is 3.39. The first kappa shape index (κ1) is 13.0. The molecule has 0 aromatic carbocycles. The highest BCUT2D eigenvalue weighted by Gasteiger charge is 2.10. The van der Waals surface area contributed by atoms with Crippen molar-refractivity contribution in [2.45, 2.75) is 6.54 Å². The summed E-state index contributed by atoms with van der Waals surface area (Å²) in [6, 6.07) is 6.02. The first-order valence-electron chi connectivity index (χ1n) is 6.77. The van der Waals surface area contributed by atoms with Crippen LogP contribution in [0.5, 0.6) is 0 Å². The van der Waals surface area contributed by atoms with Crippen molar-refractivity contribution in [1.82, 2.24) is 14.9 Å². The Labute approximate surface area is 118 Å². The molecule has 0 bridgehead atoms. The molecule has 20 heavy (non-hydrogen) atoms. The lowest BCUT2D eigenvalue weighted by Gasteiger charge is -2.26. The second-order valence-corrected chi connectivity index (χ2v) is 4.95. The van der Waals surface area contributed by atoms with E-state index in [1.165, 1.54) is 5.56 Å². The molecule has 2 N–H and O–H groups in total. The molecule has 3 rings (SSSR count).